The molecule has 1 N–H and O–H groups in total. The van der Waals surface area contributed by atoms with Gasteiger partial charge in [0, 0.05) is 18.6 Å². The van der Waals surface area contributed by atoms with E-state index < -0.39 is 0 Å². The van der Waals surface area contributed by atoms with E-state index >= 15 is 0 Å². The van der Waals surface area contributed by atoms with Gasteiger partial charge in [0.2, 0.25) is 0 Å². The van der Waals surface area contributed by atoms with Crippen LogP contribution in [0.15, 0.2) is 0 Å². The maximum absolute atomic E-state index is 3.53. The van der Waals surface area contributed by atoms with Crippen molar-refractivity contribution >= 4 is 0 Å². The molecule has 0 aromatic carbocycles. The molecule has 1 heterocycles. The van der Waals surface area contributed by atoms with Crippen LogP contribution in [0.3, 0.4) is 0 Å². The summed E-state index contributed by atoms with van der Waals surface area (Å²) in [5, 5.41) is 3.53. The Hall–Kier alpha value is -0.0800. The smallest absolute Gasteiger partial charge is 0.00961 e. The summed E-state index contributed by atoms with van der Waals surface area (Å²) in [5.41, 5.74) is 0. The van der Waals surface area contributed by atoms with Gasteiger partial charge in [-0.1, -0.05) is 20.8 Å². The first-order chi connectivity index (χ1) is 7.69. The first-order valence-electron chi connectivity index (χ1n) is 7.15. The van der Waals surface area contributed by atoms with Crippen molar-refractivity contribution in [2.45, 2.75) is 65.5 Å². The quantitative estimate of drug-likeness (QED) is 0.672. The molecule has 0 bridgehead atoms. The average Bonchev–Trinajstić information content (AvgIpc) is 2.61. The van der Waals surface area contributed by atoms with Crippen molar-refractivity contribution in [3.8, 4) is 0 Å². The first-order valence-corrected chi connectivity index (χ1v) is 7.15. The highest BCUT2D eigenvalue weighted by atomic mass is 15.2. The van der Waals surface area contributed by atoms with Crippen LogP contribution in [0, 0.1) is 5.92 Å². The molecular formula is C14H30N2. The van der Waals surface area contributed by atoms with Gasteiger partial charge in [0.05, 0.1) is 0 Å². The molecule has 1 fully saturated rings. The van der Waals surface area contributed by atoms with Crippen LogP contribution >= 0.6 is 0 Å². The van der Waals surface area contributed by atoms with E-state index in [9.17, 15) is 0 Å². The fraction of sp³-hybridized carbons (Fsp3) is 1.00. The standard InChI is InChI=1S/C14H30N2/c1-5-9-15-10-12(3)11-16-13(4)7-8-14(16)6-2/h12-15H,5-11H2,1-4H3. The molecule has 0 amide bonds. The Morgan fingerprint density at radius 3 is 2.69 bits per heavy atom. The molecule has 0 aromatic heterocycles. The van der Waals surface area contributed by atoms with Crippen LogP contribution in [0.2, 0.25) is 0 Å². The lowest BCUT2D eigenvalue weighted by Gasteiger charge is -2.30. The fourth-order valence-electron chi connectivity index (χ4n) is 2.84. The van der Waals surface area contributed by atoms with Crippen LogP contribution in [0.4, 0.5) is 0 Å². The molecule has 3 atom stereocenters. The molecule has 2 nitrogen and oxygen atoms in total. The van der Waals surface area contributed by atoms with Crippen LogP contribution in [0.5, 0.6) is 0 Å². The minimum atomic E-state index is 0.779. The summed E-state index contributed by atoms with van der Waals surface area (Å²) in [5.74, 6) is 0.779. The van der Waals surface area contributed by atoms with E-state index in [0.29, 0.717) is 0 Å². The molecule has 0 saturated carbocycles. The third-order valence-corrected chi connectivity index (χ3v) is 3.87. The highest BCUT2D eigenvalue weighted by molar-refractivity contribution is 4.85. The fourth-order valence-corrected chi connectivity index (χ4v) is 2.84. The zero-order valence-electron chi connectivity index (χ0n) is 11.6. The topological polar surface area (TPSA) is 15.3 Å². The second-order valence-electron chi connectivity index (χ2n) is 5.49. The number of hydrogen-bond donors (Lipinski definition) is 1. The van der Waals surface area contributed by atoms with Gasteiger partial charge in [-0.2, -0.15) is 0 Å². The second kappa shape index (κ2) is 7.29. The van der Waals surface area contributed by atoms with Crippen LogP contribution in [-0.2, 0) is 0 Å². The maximum Gasteiger partial charge on any atom is 0.00961 e. The Balaban J connectivity index is 2.28. The van der Waals surface area contributed by atoms with Crippen molar-refractivity contribution < 1.29 is 0 Å². The molecular weight excluding hydrogens is 196 g/mol. The molecule has 1 aliphatic heterocycles. The third kappa shape index (κ3) is 4.06. The van der Waals surface area contributed by atoms with Crippen molar-refractivity contribution in [1.82, 2.24) is 10.2 Å². The van der Waals surface area contributed by atoms with Crippen LogP contribution < -0.4 is 5.32 Å². The molecule has 2 heteroatoms. The highest BCUT2D eigenvalue weighted by Crippen LogP contribution is 2.26. The zero-order valence-corrected chi connectivity index (χ0v) is 11.6. The molecule has 0 aromatic rings. The molecule has 96 valence electrons. The summed E-state index contributed by atoms with van der Waals surface area (Å²) in [6.45, 7) is 12.9. The Kier molecular flexibility index (Phi) is 6.37. The summed E-state index contributed by atoms with van der Waals surface area (Å²) in [7, 11) is 0. The lowest BCUT2D eigenvalue weighted by molar-refractivity contribution is 0.170. The van der Waals surface area contributed by atoms with Gasteiger partial charge in [0.25, 0.3) is 0 Å². The van der Waals surface area contributed by atoms with E-state index in [2.05, 4.69) is 37.9 Å². The normalized spacial score (nSPS) is 28.5. The van der Waals surface area contributed by atoms with Gasteiger partial charge in [-0.15, -0.1) is 0 Å². The first kappa shape index (κ1) is 14.0. The van der Waals surface area contributed by atoms with E-state index in [0.717, 1.165) is 24.5 Å². The van der Waals surface area contributed by atoms with Gasteiger partial charge in [-0.25, -0.2) is 0 Å². The van der Waals surface area contributed by atoms with Gasteiger partial charge in [-0.05, 0) is 51.6 Å². The van der Waals surface area contributed by atoms with Crippen molar-refractivity contribution in [2.75, 3.05) is 19.6 Å². The average molecular weight is 226 g/mol. The Morgan fingerprint density at radius 2 is 2.06 bits per heavy atom. The zero-order chi connectivity index (χ0) is 12.0. The molecule has 0 aliphatic carbocycles. The second-order valence-corrected chi connectivity index (χ2v) is 5.49. The molecule has 1 rings (SSSR count). The van der Waals surface area contributed by atoms with E-state index in [-0.39, 0.29) is 0 Å². The van der Waals surface area contributed by atoms with E-state index in [4.69, 9.17) is 0 Å². The summed E-state index contributed by atoms with van der Waals surface area (Å²) < 4.78 is 0. The van der Waals surface area contributed by atoms with Gasteiger partial charge < -0.3 is 5.32 Å². The third-order valence-electron chi connectivity index (χ3n) is 3.87. The summed E-state index contributed by atoms with van der Waals surface area (Å²) in [6.07, 6.45) is 5.37. The summed E-state index contributed by atoms with van der Waals surface area (Å²) >= 11 is 0. The van der Waals surface area contributed by atoms with Crippen LogP contribution in [0.1, 0.15) is 53.4 Å². The number of nitrogens with zero attached hydrogens (tertiary/aromatic N) is 1. The molecule has 0 spiro atoms. The molecule has 16 heavy (non-hydrogen) atoms. The summed E-state index contributed by atoms with van der Waals surface area (Å²) in [4.78, 5) is 2.73. The largest absolute Gasteiger partial charge is 0.316 e. The minimum absolute atomic E-state index is 0.779. The van der Waals surface area contributed by atoms with E-state index in [1.165, 1.54) is 38.8 Å². The maximum atomic E-state index is 3.53. The number of hydrogen-bond acceptors (Lipinski definition) is 2. The van der Waals surface area contributed by atoms with Gasteiger partial charge in [0.15, 0.2) is 0 Å². The van der Waals surface area contributed by atoms with Crippen molar-refractivity contribution in [2.24, 2.45) is 5.92 Å². The highest BCUT2D eigenvalue weighted by Gasteiger charge is 2.29. The Bertz CT molecular complexity index is 182. The van der Waals surface area contributed by atoms with E-state index in [1.807, 2.05) is 0 Å². The minimum Gasteiger partial charge on any atom is -0.316 e. The van der Waals surface area contributed by atoms with Gasteiger partial charge in [0.1, 0.15) is 0 Å². The number of likely N-dealkylation sites (tertiary alicyclic amines) is 1. The van der Waals surface area contributed by atoms with Crippen molar-refractivity contribution in [1.29, 1.82) is 0 Å². The number of rotatable bonds is 7. The molecule has 1 saturated heterocycles. The van der Waals surface area contributed by atoms with Gasteiger partial charge in [-0.3, -0.25) is 4.90 Å². The monoisotopic (exact) mass is 226 g/mol. The Labute approximate surface area is 102 Å². The number of nitrogens with one attached hydrogen (secondary N) is 1. The molecule has 0 radical (unpaired) electrons. The van der Waals surface area contributed by atoms with Crippen molar-refractivity contribution in [3.05, 3.63) is 0 Å². The molecule has 3 unspecified atom stereocenters. The van der Waals surface area contributed by atoms with Crippen molar-refractivity contribution in [3.63, 3.8) is 0 Å². The molecule has 1 aliphatic rings. The van der Waals surface area contributed by atoms with E-state index in [1.54, 1.807) is 0 Å². The van der Waals surface area contributed by atoms with Gasteiger partial charge >= 0.3 is 0 Å². The SMILES string of the molecule is CCCNCC(C)CN1C(C)CCC1CC. The summed E-state index contributed by atoms with van der Waals surface area (Å²) in [6, 6.07) is 1.65. The van der Waals surface area contributed by atoms with Crippen LogP contribution in [0.25, 0.3) is 0 Å². The lowest BCUT2D eigenvalue weighted by Crippen LogP contribution is -2.40. The lowest BCUT2D eigenvalue weighted by atomic mass is 10.1. The predicted molar refractivity (Wildman–Crippen MR) is 71.8 cm³/mol. The Morgan fingerprint density at radius 1 is 1.31 bits per heavy atom. The predicted octanol–water partition coefficient (Wildman–Crippen LogP) is 2.89. The van der Waals surface area contributed by atoms with Crippen LogP contribution in [-0.4, -0.2) is 36.6 Å².